The minimum absolute atomic E-state index is 0.0147. The minimum atomic E-state index is -0.370. The van der Waals surface area contributed by atoms with Crippen LogP contribution in [0.1, 0.15) is 24.0 Å². The Bertz CT molecular complexity index is 608. The molecular formula is C19H20O4. The molecule has 0 aliphatic heterocycles. The van der Waals surface area contributed by atoms with Crippen LogP contribution in [0.4, 0.5) is 0 Å². The van der Waals surface area contributed by atoms with Gasteiger partial charge < -0.3 is 9.47 Å². The van der Waals surface area contributed by atoms with E-state index in [1.165, 1.54) is 0 Å². The van der Waals surface area contributed by atoms with Crippen molar-refractivity contribution in [2.24, 2.45) is 0 Å². The smallest absolute Gasteiger partial charge is 0.306 e. The number of ether oxygens (including phenoxy) is 2. The van der Waals surface area contributed by atoms with Crippen LogP contribution < -0.4 is 0 Å². The Balaban J connectivity index is 1.57. The molecule has 2 rings (SSSR count). The molecule has 0 aliphatic carbocycles. The van der Waals surface area contributed by atoms with Gasteiger partial charge in [0.15, 0.2) is 5.78 Å². The zero-order chi connectivity index (χ0) is 16.3. The molecule has 0 radical (unpaired) electrons. The van der Waals surface area contributed by atoms with Gasteiger partial charge in [-0.05, 0) is 11.1 Å². The molecule has 120 valence electrons. The van der Waals surface area contributed by atoms with Crippen molar-refractivity contribution in [3.63, 3.8) is 0 Å². The lowest BCUT2D eigenvalue weighted by Crippen LogP contribution is -2.12. The van der Waals surface area contributed by atoms with Crippen LogP contribution in [0.5, 0.6) is 0 Å². The maximum atomic E-state index is 11.7. The lowest BCUT2D eigenvalue weighted by Gasteiger charge is -2.05. The Morgan fingerprint density at radius 3 is 1.91 bits per heavy atom. The number of Topliss-reactive ketones (excluding diaryl/α,β-unsaturated/α-hetero) is 1. The molecule has 0 fully saturated rings. The molecule has 0 atom stereocenters. The fraction of sp³-hybridized carbons (Fsp3) is 0.263. The van der Waals surface area contributed by atoms with Crippen molar-refractivity contribution in [1.29, 1.82) is 0 Å². The molecule has 2 aromatic carbocycles. The molecule has 0 bridgehead atoms. The summed E-state index contributed by atoms with van der Waals surface area (Å²) in [6, 6.07) is 19.1. The van der Waals surface area contributed by atoms with Gasteiger partial charge in [0, 0.05) is 6.42 Å². The number of hydrogen-bond donors (Lipinski definition) is 0. The fourth-order valence-corrected chi connectivity index (χ4v) is 1.98. The average Bonchev–Trinajstić information content (AvgIpc) is 2.60. The number of carbonyl (C=O) groups excluding carboxylic acids is 2. The van der Waals surface area contributed by atoms with E-state index in [9.17, 15) is 9.59 Å². The topological polar surface area (TPSA) is 52.6 Å². The number of esters is 1. The standard InChI is InChI=1S/C19H20O4/c20-18(15-22-13-16-7-3-1-4-8-16)11-12-19(21)23-14-17-9-5-2-6-10-17/h1-10H,11-15H2. The third-order valence-electron chi connectivity index (χ3n) is 3.23. The summed E-state index contributed by atoms with van der Waals surface area (Å²) in [5.41, 5.74) is 1.95. The molecule has 23 heavy (non-hydrogen) atoms. The van der Waals surface area contributed by atoms with Gasteiger partial charge in [-0.2, -0.15) is 0 Å². The minimum Gasteiger partial charge on any atom is -0.461 e. The van der Waals surface area contributed by atoms with Gasteiger partial charge in [-0.1, -0.05) is 60.7 Å². The van der Waals surface area contributed by atoms with E-state index in [1.807, 2.05) is 60.7 Å². The van der Waals surface area contributed by atoms with E-state index < -0.39 is 0 Å². The summed E-state index contributed by atoms with van der Waals surface area (Å²) in [6.45, 7) is 0.643. The first kappa shape index (κ1) is 16.9. The molecule has 0 amide bonds. The lowest BCUT2D eigenvalue weighted by atomic mass is 10.2. The molecule has 2 aromatic rings. The number of rotatable bonds is 9. The highest BCUT2D eigenvalue weighted by atomic mass is 16.5. The molecule has 0 unspecified atom stereocenters. The third-order valence-corrected chi connectivity index (χ3v) is 3.23. The van der Waals surface area contributed by atoms with Crippen molar-refractivity contribution in [2.75, 3.05) is 6.61 Å². The molecule has 0 N–H and O–H groups in total. The van der Waals surface area contributed by atoms with E-state index in [1.54, 1.807) is 0 Å². The first-order valence-electron chi connectivity index (χ1n) is 7.57. The molecule has 4 nitrogen and oxygen atoms in total. The van der Waals surface area contributed by atoms with Crippen LogP contribution in [0.15, 0.2) is 60.7 Å². The Labute approximate surface area is 136 Å². The second-order valence-electron chi connectivity index (χ2n) is 5.16. The van der Waals surface area contributed by atoms with Crippen molar-refractivity contribution in [1.82, 2.24) is 0 Å². The first-order valence-corrected chi connectivity index (χ1v) is 7.57. The Hall–Kier alpha value is -2.46. The number of carbonyl (C=O) groups is 2. The quantitative estimate of drug-likeness (QED) is 0.667. The van der Waals surface area contributed by atoms with Gasteiger partial charge in [0.25, 0.3) is 0 Å². The molecule has 0 spiro atoms. The average molecular weight is 312 g/mol. The normalized spacial score (nSPS) is 10.3. The largest absolute Gasteiger partial charge is 0.461 e. The Morgan fingerprint density at radius 2 is 1.30 bits per heavy atom. The summed E-state index contributed by atoms with van der Waals surface area (Å²) >= 11 is 0. The van der Waals surface area contributed by atoms with Gasteiger partial charge in [0.2, 0.25) is 0 Å². The maximum absolute atomic E-state index is 11.7. The van der Waals surface area contributed by atoms with Gasteiger partial charge >= 0.3 is 5.97 Å². The fourth-order valence-electron chi connectivity index (χ4n) is 1.98. The van der Waals surface area contributed by atoms with Crippen molar-refractivity contribution in [2.45, 2.75) is 26.1 Å². The molecule has 0 heterocycles. The third kappa shape index (κ3) is 6.89. The SMILES string of the molecule is O=C(CCC(=O)OCc1ccccc1)COCc1ccccc1. The van der Waals surface area contributed by atoms with Crippen LogP contribution in [0.3, 0.4) is 0 Å². The second-order valence-corrected chi connectivity index (χ2v) is 5.16. The van der Waals surface area contributed by atoms with Crippen molar-refractivity contribution < 1.29 is 19.1 Å². The molecule has 0 aromatic heterocycles. The van der Waals surface area contributed by atoms with E-state index in [0.717, 1.165) is 11.1 Å². The molecule has 4 heteroatoms. The van der Waals surface area contributed by atoms with Gasteiger partial charge in [-0.25, -0.2) is 0 Å². The summed E-state index contributed by atoms with van der Waals surface area (Å²) in [5.74, 6) is -0.470. The van der Waals surface area contributed by atoms with Crippen LogP contribution in [0.25, 0.3) is 0 Å². The van der Waals surface area contributed by atoms with E-state index in [0.29, 0.717) is 6.61 Å². The summed E-state index contributed by atoms with van der Waals surface area (Å²) in [5, 5.41) is 0. The second kappa shape index (κ2) is 9.54. The first-order chi connectivity index (χ1) is 11.2. The van der Waals surface area contributed by atoms with Crippen molar-refractivity contribution in [3.05, 3.63) is 71.8 Å². The summed E-state index contributed by atoms with van der Waals surface area (Å²) in [7, 11) is 0. The number of benzene rings is 2. The Kier molecular flexibility index (Phi) is 7.01. The van der Waals surface area contributed by atoms with E-state index in [2.05, 4.69) is 0 Å². The van der Waals surface area contributed by atoms with Gasteiger partial charge in [0.1, 0.15) is 13.2 Å². The van der Waals surface area contributed by atoms with Gasteiger partial charge in [-0.3, -0.25) is 9.59 Å². The molecular weight excluding hydrogens is 292 g/mol. The predicted octanol–water partition coefficient (Wildman–Crippen LogP) is 3.30. The molecule has 0 saturated carbocycles. The van der Waals surface area contributed by atoms with Crippen molar-refractivity contribution in [3.8, 4) is 0 Å². The lowest BCUT2D eigenvalue weighted by molar-refractivity contribution is -0.146. The Morgan fingerprint density at radius 1 is 0.739 bits per heavy atom. The van der Waals surface area contributed by atoms with Crippen LogP contribution in [0, 0.1) is 0 Å². The number of hydrogen-bond acceptors (Lipinski definition) is 4. The van der Waals surface area contributed by atoms with Crippen LogP contribution in [0.2, 0.25) is 0 Å². The van der Waals surface area contributed by atoms with Crippen LogP contribution >= 0.6 is 0 Å². The summed E-state index contributed by atoms with van der Waals surface area (Å²) < 4.78 is 10.5. The zero-order valence-electron chi connectivity index (χ0n) is 12.9. The highest BCUT2D eigenvalue weighted by Gasteiger charge is 2.08. The highest BCUT2D eigenvalue weighted by Crippen LogP contribution is 2.04. The van der Waals surface area contributed by atoms with Crippen LogP contribution in [-0.2, 0) is 32.3 Å². The molecule has 0 aliphatic rings. The van der Waals surface area contributed by atoms with E-state index >= 15 is 0 Å². The summed E-state index contributed by atoms with van der Waals surface area (Å²) in [4.78, 5) is 23.3. The monoisotopic (exact) mass is 312 g/mol. The highest BCUT2D eigenvalue weighted by molar-refractivity contribution is 5.83. The summed E-state index contributed by atoms with van der Waals surface area (Å²) in [6.07, 6.45) is 0.225. The number of ketones is 1. The van der Waals surface area contributed by atoms with E-state index in [-0.39, 0.29) is 37.8 Å². The maximum Gasteiger partial charge on any atom is 0.306 e. The molecule has 0 saturated heterocycles. The zero-order valence-corrected chi connectivity index (χ0v) is 12.9. The van der Waals surface area contributed by atoms with Gasteiger partial charge in [-0.15, -0.1) is 0 Å². The predicted molar refractivity (Wildman–Crippen MR) is 86.6 cm³/mol. The van der Waals surface area contributed by atoms with Gasteiger partial charge in [0.05, 0.1) is 13.0 Å². The van der Waals surface area contributed by atoms with E-state index in [4.69, 9.17) is 9.47 Å². The van der Waals surface area contributed by atoms with Crippen molar-refractivity contribution >= 4 is 11.8 Å². The van der Waals surface area contributed by atoms with Crippen LogP contribution in [-0.4, -0.2) is 18.4 Å².